The van der Waals surface area contributed by atoms with E-state index < -0.39 is 0 Å². The van der Waals surface area contributed by atoms with E-state index in [-0.39, 0.29) is 0 Å². The third-order valence-corrected chi connectivity index (χ3v) is 3.80. The van der Waals surface area contributed by atoms with Crippen molar-refractivity contribution in [1.82, 2.24) is 20.1 Å². The SMILES string of the molecule is CNC(Cc1ncnn1C)C1CCCCC1. The van der Waals surface area contributed by atoms with E-state index in [0.29, 0.717) is 6.04 Å². The molecule has 1 aliphatic carbocycles. The van der Waals surface area contributed by atoms with Crippen molar-refractivity contribution in [3.63, 3.8) is 0 Å². The van der Waals surface area contributed by atoms with Gasteiger partial charge in [-0.3, -0.25) is 4.68 Å². The first-order valence-corrected chi connectivity index (χ1v) is 6.31. The molecule has 2 rings (SSSR count). The van der Waals surface area contributed by atoms with E-state index in [4.69, 9.17) is 0 Å². The van der Waals surface area contributed by atoms with E-state index in [9.17, 15) is 0 Å². The van der Waals surface area contributed by atoms with Crippen LogP contribution >= 0.6 is 0 Å². The topological polar surface area (TPSA) is 42.7 Å². The average Bonchev–Trinajstić information content (AvgIpc) is 2.73. The number of hydrogen-bond donors (Lipinski definition) is 1. The van der Waals surface area contributed by atoms with E-state index in [1.165, 1.54) is 32.1 Å². The minimum absolute atomic E-state index is 0.559. The Morgan fingerprint density at radius 2 is 2.19 bits per heavy atom. The molecule has 90 valence electrons. The molecule has 0 amide bonds. The van der Waals surface area contributed by atoms with Gasteiger partial charge in [-0.25, -0.2) is 4.98 Å². The van der Waals surface area contributed by atoms with E-state index in [1.807, 2.05) is 11.7 Å². The van der Waals surface area contributed by atoms with Crippen LogP contribution in [0.15, 0.2) is 6.33 Å². The van der Waals surface area contributed by atoms with Gasteiger partial charge in [0.25, 0.3) is 0 Å². The Morgan fingerprint density at radius 1 is 1.44 bits per heavy atom. The molecule has 1 heterocycles. The van der Waals surface area contributed by atoms with E-state index in [2.05, 4.69) is 22.4 Å². The number of aromatic nitrogens is 3. The summed E-state index contributed by atoms with van der Waals surface area (Å²) in [7, 11) is 4.03. The smallest absolute Gasteiger partial charge is 0.138 e. The zero-order chi connectivity index (χ0) is 11.4. The van der Waals surface area contributed by atoms with Gasteiger partial charge in [0.2, 0.25) is 0 Å². The van der Waals surface area contributed by atoms with Gasteiger partial charge >= 0.3 is 0 Å². The number of likely N-dealkylation sites (N-methyl/N-ethyl adjacent to an activating group) is 1. The van der Waals surface area contributed by atoms with Crippen LogP contribution in [0.2, 0.25) is 0 Å². The zero-order valence-corrected chi connectivity index (χ0v) is 10.3. The third-order valence-electron chi connectivity index (χ3n) is 3.80. The van der Waals surface area contributed by atoms with E-state index >= 15 is 0 Å². The van der Waals surface area contributed by atoms with Crippen molar-refractivity contribution in [1.29, 1.82) is 0 Å². The van der Waals surface area contributed by atoms with Crippen LogP contribution in [0.4, 0.5) is 0 Å². The quantitative estimate of drug-likeness (QED) is 0.840. The molecule has 16 heavy (non-hydrogen) atoms. The third kappa shape index (κ3) is 2.61. The van der Waals surface area contributed by atoms with Crippen LogP contribution < -0.4 is 5.32 Å². The van der Waals surface area contributed by atoms with Crippen molar-refractivity contribution in [3.8, 4) is 0 Å². The number of hydrogen-bond acceptors (Lipinski definition) is 3. The van der Waals surface area contributed by atoms with Gasteiger partial charge in [0.15, 0.2) is 0 Å². The summed E-state index contributed by atoms with van der Waals surface area (Å²) in [5, 5.41) is 7.58. The summed E-state index contributed by atoms with van der Waals surface area (Å²) >= 11 is 0. The standard InChI is InChI=1S/C12H22N4/c1-13-11(10-6-4-3-5-7-10)8-12-14-9-15-16(12)2/h9-11,13H,3-8H2,1-2H3. The zero-order valence-electron chi connectivity index (χ0n) is 10.3. The lowest BCUT2D eigenvalue weighted by atomic mass is 9.82. The first-order valence-electron chi connectivity index (χ1n) is 6.31. The van der Waals surface area contributed by atoms with E-state index in [1.54, 1.807) is 6.33 Å². The van der Waals surface area contributed by atoms with Gasteiger partial charge in [-0.2, -0.15) is 5.10 Å². The molecule has 1 aromatic heterocycles. The Bertz CT molecular complexity index is 315. The maximum atomic E-state index is 4.31. The van der Waals surface area contributed by atoms with Gasteiger partial charge < -0.3 is 5.32 Å². The molecule has 0 aromatic carbocycles. The van der Waals surface area contributed by atoms with Crippen LogP contribution in [0.3, 0.4) is 0 Å². The fourth-order valence-electron chi connectivity index (χ4n) is 2.74. The Hall–Kier alpha value is -0.900. The summed E-state index contributed by atoms with van der Waals surface area (Å²) in [5.74, 6) is 1.90. The highest BCUT2D eigenvalue weighted by atomic mass is 15.3. The minimum Gasteiger partial charge on any atom is -0.316 e. The lowest BCUT2D eigenvalue weighted by Gasteiger charge is -2.29. The molecular weight excluding hydrogens is 200 g/mol. The second-order valence-corrected chi connectivity index (χ2v) is 4.80. The normalized spacial score (nSPS) is 19.9. The molecule has 4 nitrogen and oxygen atoms in total. The summed E-state index contributed by atoms with van der Waals surface area (Å²) in [5.41, 5.74) is 0. The molecule has 0 radical (unpaired) electrons. The molecule has 0 spiro atoms. The Kier molecular flexibility index (Phi) is 3.93. The number of nitrogens with one attached hydrogen (secondary N) is 1. The lowest BCUT2D eigenvalue weighted by Crippen LogP contribution is -2.37. The molecule has 0 aliphatic heterocycles. The molecule has 0 saturated heterocycles. The highest BCUT2D eigenvalue weighted by molar-refractivity contribution is 4.91. The minimum atomic E-state index is 0.559. The Labute approximate surface area is 97.5 Å². The number of aryl methyl sites for hydroxylation is 1. The second kappa shape index (κ2) is 5.43. The average molecular weight is 222 g/mol. The first kappa shape index (κ1) is 11.6. The van der Waals surface area contributed by atoms with Crippen molar-refractivity contribution in [3.05, 3.63) is 12.2 Å². The van der Waals surface area contributed by atoms with Gasteiger partial charge in [-0.1, -0.05) is 19.3 Å². The first-order chi connectivity index (χ1) is 7.81. The van der Waals surface area contributed by atoms with Gasteiger partial charge in [0.05, 0.1) is 0 Å². The summed E-state index contributed by atoms with van der Waals surface area (Å²) in [6.07, 6.45) is 9.56. The van der Waals surface area contributed by atoms with E-state index in [0.717, 1.165) is 18.2 Å². The van der Waals surface area contributed by atoms with Crippen LogP contribution in [0.1, 0.15) is 37.9 Å². The van der Waals surface area contributed by atoms with Crippen LogP contribution in [0, 0.1) is 5.92 Å². The summed E-state index contributed by atoms with van der Waals surface area (Å²) in [6, 6.07) is 0.559. The fourth-order valence-corrected chi connectivity index (χ4v) is 2.74. The van der Waals surface area contributed by atoms with Gasteiger partial charge in [0.1, 0.15) is 12.2 Å². The molecule has 0 bridgehead atoms. The summed E-state index contributed by atoms with van der Waals surface area (Å²) in [4.78, 5) is 4.31. The van der Waals surface area contributed by atoms with Gasteiger partial charge in [-0.15, -0.1) is 0 Å². The van der Waals surface area contributed by atoms with Gasteiger partial charge in [0, 0.05) is 19.5 Å². The molecule has 4 heteroatoms. The molecule has 1 unspecified atom stereocenters. The Morgan fingerprint density at radius 3 is 2.75 bits per heavy atom. The highest BCUT2D eigenvalue weighted by Gasteiger charge is 2.23. The summed E-state index contributed by atoms with van der Waals surface area (Å²) in [6.45, 7) is 0. The van der Waals surface area contributed by atoms with Crippen LogP contribution in [0.25, 0.3) is 0 Å². The van der Waals surface area contributed by atoms with Crippen molar-refractivity contribution in [2.24, 2.45) is 13.0 Å². The largest absolute Gasteiger partial charge is 0.316 e. The van der Waals surface area contributed by atoms with Crippen molar-refractivity contribution >= 4 is 0 Å². The molecular formula is C12H22N4. The Balaban J connectivity index is 1.97. The molecule has 1 aliphatic rings. The van der Waals surface area contributed by atoms with Crippen LogP contribution in [0.5, 0.6) is 0 Å². The monoisotopic (exact) mass is 222 g/mol. The highest BCUT2D eigenvalue weighted by Crippen LogP contribution is 2.27. The molecule has 1 aromatic rings. The molecule has 1 fully saturated rings. The van der Waals surface area contributed by atoms with Crippen LogP contribution in [-0.4, -0.2) is 27.9 Å². The van der Waals surface area contributed by atoms with Crippen molar-refractivity contribution in [2.75, 3.05) is 7.05 Å². The molecule has 1 saturated carbocycles. The molecule has 1 N–H and O–H groups in total. The maximum Gasteiger partial charge on any atom is 0.138 e. The van der Waals surface area contributed by atoms with Gasteiger partial charge in [-0.05, 0) is 25.8 Å². The molecule has 1 atom stereocenters. The van der Waals surface area contributed by atoms with Crippen LogP contribution in [-0.2, 0) is 13.5 Å². The van der Waals surface area contributed by atoms with Crippen molar-refractivity contribution < 1.29 is 0 Å². The predicted molar refractivity (Wildman–Crippen MR) is 64.1 cm³/mol. The lowest BCUT2D eigenvalue weighted by molar-refractivity contribution is 0.273. The second-order valence-electron chi connectivity index (χ2n) is 4.80. The fraction of sp³-hybridized carbons (Fsp3) is 0.833. The number of rotatable bonds is 4. The summed E-state index contributed by atoms with van der Waals surface area (Å²) < 4.78 is 1.88. The maximum absolute atomic E-state index is 4.31. The van der Waals surface area contributed by atoms with Crippen molar-refractivity contribution in [2.45, 2.75) is 44.6 Å². The predicted octanol–water partition coefficient (Wildman–Crippen LogP) is 1.53. The number of nitrogens with zero attached hydrogens (tertiary/aromatic N) is 3.